The third-order valence-electron chi connectivity index (χ3n) is 9.57. The van der Waals surface area contributed by atoms with Gasteiger partial charge in [-0.2, -0.15) is 0 Å². The molecule has 0 unspecified atom stereocenters. The van der Waals surface area contributed by atoms with Gasteiger partial charge in [0.25, 0.3) is 0 Å². The molecule has 0 N–H and O–H groups in total. The quantitative estimate of drug-likeness (QED) is 0.200. The highest BCUT2D eigenvalue weighted by molar-refractivity contribution is 6.12. The summed E-state index contributed by atoms with van der Waals surface area (Å²) < 4.78 is 0. The lowest BCUT2D eigenvalue weighted by Crippen LogP contribution is -2.12. The Hall–Kier alpha value is -5.14. The van der Waals surface area contributed by atoms with Gasteiger partial charge in [0.05, 0.1) is 0 Å². The van der Waals surface area contributed by atoms with Crippen LogP contribution in [-0.2, 0) is 5.41 Å². The molecule has 0 radical (unpaired) electrons. The minimum atomic E-state index is 0.155. The van der Waals surface area contributed by atoms with Crippen LogP contribution in [0.15, 0.2) is 133 Å². The van der Waals surface area contributed by atoms with E-state index in [9.17, 15) is 0 Å². The second-order valence-corrected chi connectivity index (χ2v) is 13.6. The summed E-state index contributed by atoms with van der Waals surface area (Å²) in [6.07, 6.45) is 0. The van der Waals surface area contributed by atoms with Gasteiger partial charge in [-0.15, -0.1) is 0 Å². The van der Waals surface area contributed by atoms with Crippen LogP contribution in [0.4, 0.5) is 17.1 Å². The molecular formula is C44H37N. The van der Waals surface area contributed by atoms with E-state index in [1.807, 2.05) is 0 Å². The van der Waals surface area contributed by atoms with Crippen molar-refractivity contribution in [2.75, 3.05) is 4.90 Å². The molecule has 1 aliphatic rings. The summed E-state index contributed by atoms with van der Waals surface area (Å²) >= 11 is 0. The molecule has 45 heavy (non-hydrogen) atoms. The van der Waals surface area contributed by atoms with Gasteiger partial charge >= 0.3 is 0 Å². The summed E-state index contributed by atoms with van der Waals surface area (Å²) in [5, 5.41) is 5.11. The van der Waals surface area contributed by atoms with Gasteiger partial charge in [0, 0.05) is 17.1 Å². The molecular weight excluding hydrogens is 542 g/mol. The van der Waals surface area contributed by atoms with E-state index >= 15 is 0 Å². The fourth-order valence-electron chi connectivity index (χ4n) is 6.93. The first-order valence-electron chi connectivity index (χ1n) is 15.9. The topological polar surface area (TPSA) is 3.24 Å². The van der Waals surface area contributed by atoms with Crippen molar-refractivity contribution in [2.45, 2.75) is 40.0 Å². The standard InChI is InChI=1S/C44H37N/c1-28-10-6-8-12-42(28)45(43-13-9-7-11-29(43)2)37-21-18-33-25-39-38-24-32-15-14-31(30-16-19-36(20-17-30)44(3,4)5)22-34(32)26-40(38)41(39)27-35(33)23-37/h6-27H,1-5H3. The zero-order chi connectivity index (χ0) is 30.9. The van der Waals surface area contributed by atoms with Crippen molar-refractivity contribution in [2.24, 2.45) is 0 Å². The second-order valence-electron chi connectivity index (χ2n) is 13.6. The highest BCUT2D eigenvalue weighted by Crippen LogP contribution is 2.51. The average Bonchev–Trinajstić information content (AvgIpc) is 3.04. The van der Waals surface area contributed by atoms with Gasteiger partial charge in [-0.3, -0.25) is 0 Å². The third-order valence-corrected chi connectivity index (χ3v) is 9.57. The van der Waals surface area contributed by atoms with Crippen LogP contribution in [0, 0.1) is 13.8 Å². The first-order chi connectivity index (χ1) is 21.7. The number of nitrogens with zero attached hydrogens (tertiary/aromatic N) is 1. The smallest absolute Gasteiger partial charge is 0.0490 e. The third kappa shape index (κ3) is 4.62. The summed E-state index contributed by atoms with van der Waals surface area (Å²) in [5.74, 6) is 0. The summed E-state index contributed by atoms with van der Waals surface area (Å²) in [7, 11) is 0. The highest BCUT2D eigenvalue weighted by Gasteiger charge is 2.25. The van der Waals surface area contributed by atoms with Gasteiger partial charge in [-0.25, -0.2) is 0 Å². The van der Waals surface area contributed by atoms with E-state index in [2.05, 4.69) is 173 Å². The molecule has 1 aliphatic carbocycles. The van der Waals surface area contributed by atoms with Crippen molar-refractivity contribution in [1.29, 1.82) is 0 Å². The van der Waals surface area contributed by atoms with E-state index in [-0.39, 0.29) is 5.41 Å². The maximum absolute atomic E-state index is 2.40. The van der Waals surface area contributed by atoms with Gasteiger partial charge < -0.3 is 4.90 Å². The molecule has 0 aliphatic heterocycles. The maximum Gasteiger partial charge on any atom is 0.0490 e. The second kappa shape index (κ2) is 10.2. The fourth-order valence-corrected chi connectivity index (χ4v) is 6.93. The predicted octanol–water partition coefficient (Wildman–Crippen LogP) is 12.7. The molecule has 0 heterocycles. The normalized spacial score (nSPS) is 12.1. The molecule has 7 aromatic carbocycles. The highest BCUT2D eigenvalue weighted by atomic mass is 15.1. The zero-order valence-electron chi connectivity index (χ0n) is 26.6. The fraction of sp³-hybridized carbons (Fsp3) is 0.136. The molecule has 1 nitrogen and oxygen atoms in total. The summed E-state index contributed by atoms with van der Waals surface area (Å²) in [6.45, 7) is 11.2. The lowest BCUT2D eigenvalue weighted by molar-refractivity contribution is 0.590. The van der Waals surface area contributed by atoms with E-state index in [0.717, 1.165) is 0 Å². The molecule has 0 saturated carbocycles. The Morgan fingerprint density at radius 2 is 0.889 bits per heavy atom. The number of hydrogen-bond donors (Lipinski definition) is 0. The number of rotatable bonds is 4. The van der Waals surface area contributed by atoms with Gasteiger partial charge in [0.2, 0.25) is 0 Å². The van der Waals surface area contributed by atoms with Gasteiger partial charge in [-0.1, -0.05) is 99.6 Å². The molecule has 0 spiro atoms. The molecule has 0 aromatic heterocycles. The van der Waals surface area contributed by atoms with E-state index < -0.39 is 0 Å². The number of benzene rings is 7. The molecule has 1 heteroatoms. The Morgan fingerprint density at radius 1 is 0.422 bits per heavy atom. The lowest BCUT2D eigenvalue weighted by Gasteiger charge is -2.29. The van der Waals surface area contributed by atoms with Crippen LogP contribution in [0.25, 0.3) is 54.9 Å². The summed E-state index contributed by atoms with van der Waals surface area (Å²) in [4.78, 5) is 2.40. The Kier molecular flexibility index (Phi) is 6.22. The monoisotopic (exact) mass is 579 g/mol. The van der Waals surface area contributed by atoms with E-state index in [1.54, 1.807) is 0 Å². The minimum Gasteiger partial charge on any atom is -0.310 e. The van der Waals surface area contributed by atoms with Crippen LogP contribution in [0.5, 0.6) is 0 Å². The van der Waals surface area contributed by atoms with Crippen LogP contribution in [0.2, 0.25) is 0 Å². The average molecular weight is 580 g/mol. The first kappa shape index (κ1) is 27.4. The van der Waals surface area contributed by atoms with Gasteiger partial charge in [0.15, 0.2) is 0 Å². The Morgan fingerprint density at radius 3 is 1.42 bits per heavy atom. The summed E-state index contributed by atoms with van der Waals surface area (Å²) in [5.41, 5.74) is 15.5. The molecule has 0 atom stereocenters. The molecule has 0 fully saturated rings. The molecule has 0 amide bonds. The number of hydrogen-bond acceptors (Lipinski definition) is 1. The number of fused-ring (bicyclic) bond motifs is 6. The molecule has 0 saturated heterocycles. The van der Waals surface area contributed by atoms with Crippen LogP contribution >= 0.6 is 0 Å². The maximum atomic E-state index is 2.40. The number of anilines is 3. The van der Waals surface area contributed by atoms with Crippen LogP contribution < -0.4 is 4.90 Å². The Labute approximate surface area is 266 Å². The van der Waals surface area contributed by atoms with Crippen molar-refractivity contribution in [3.63, 3.8) is 0 Å². The van der Waals surface area contributed by atoms with Crippen molar-refractivity contribution in [1.82, 2.24) is 0 Å². The number of para-hydroxylation sites is 2. The van der Waals surface area contributed by atoms with Crippen molar-refractivity contribution in [3.05, 3.63) is 150 Å². The van der Waals surface area contributed by atoms with E-state index in [0.29, 0.717) is 0 Å². The van der Waals surface area contributed by atoms with Crippen LogP contribution in [-0.4, -0.2) is 0 Å². The number of aryl methyl sites for hydroxylation is 2. The Balaban J connectivity index is 1.20. The predicted molar refractivity (Wildman–Crippen MR) is 194 cm³/mol. The first-order valence-corrected chi connectivity index (χ1v) is 15.9. The zero-order valence-corrected chi connectivity index (χ0v) is 26.6. The van der Waals surface area contributed by atoms with Gasteiger partial charge in [0.1, 0.15) is 0 Å². The molecule has 0 bridgehead atoms. The summed E-state index contributed by atoms with van der Waals surface area (Å²) in [6, 6.07) is 49.7. The minimum absolute atomic E-state index is 0.155. The molecule has 8 rings (SSSR count). The molecule has 218 valence electrons. The van der Waals surface area contributed by atoms with Crippen LogP contribution in [0.3, 0.4) is 0 Å². The SMILES string of the molecule is Cc1ccccc1N(c1ccc2cc3c(cc2c1)-c1cc2cc(-c4ccc(C(C)(C)C)cc4)ccc2cc1-3)c1ccccc1C. The lowest BCUT2D eigenvalue weighted by atomic mass is 9.77. The van der Waals surface area contributed by atoms with Crippen molar-refractivity contribution < 1.29 is 0 Å². The van der Waals surface area contributed by atoms with E-state index in [1.165, 1.54) is 88.7 Å². The van der Waals surface area contributed by atoms with Crippen LogP contribution in [0.1, 0.15) is 37.5 Å². The van der Waals surface area contributed by atoms with Gasteiger partial charge in [-0.05, 0) is 145 Å². The van der Waals surface area contributed by atoms with Crippen molar-refractivity contribution >= 4 is 38.6 Å². The largest absolute Gasteiger partial charge is 0.310 e. The Bertz CT molecular complexity index is 2220. The van der Waals surface area contributed by atoms with E-state index in [4.69, 9.17) is 0 Å². The van der Waals surface area contributed by atoms with Crippen molar-refractivity contribution in [3.8, 4) is 33.4 Å². The molecule has 7 aromatic rings.